The summed E-state index contributed by atoms with van der Waals surface area (Å²) in [5.41, 5.74) is 4.66. The molecule has 18 heavy (non-hydrogen) atoms. The van der Waals surface area contributed by atoms with Gasteiger partial charge < -0.3 is 20.7 Å². The SMILES string of the molecule is N#CC1[C@@H](O)[C@H](n2ccc(N)nc2=O)O[C@@H]1CO. The van der Waals surface area contributed by atoms with Gasteiger partial charge in [0.15, 0.2) is 6.23 Å². The zero-order valence-electron chi connectivity index (χ0n) is 9.30. The molecule has 96 valence electrons. The van der Waals surface area contributed by atoms with Crippen LogP contribution in [0.25, 0.3) is 0 Å². The molecule has 2 heterocycles. The van der Waals surface area contributed by atoms with E-state index >= 15 is 0 Å². The Kier molecular flexibility index (Phi) is 3.29. The standard InChI is InChI=1S/C10H12N4O4/c11-3-5-6(4-15)18-9(8(5)16)14-2-1-7(12)13-10(14)17/h1-2,5-6,8-9,15-16H,4H2,(H2,12,13,17)/t5?,6-,8-,9-/m1/s1. The van der Waals surface area contributed by atoms with Crippen molar-refractivity contribution in [1.29, 1.82) is 5.26 Å². The molecule has 0 aromatic carbocycles. The molecule has 1 aliphatic heterocycles. The minimum absolute atomic E-state index is 0.0549. The molecule has 4 N–H and O–H groups in total. The molecule has 1 fully saturated rings. The zero-order chi connectivity index (χ0) is 13.3. The second-order valence-electron chi connectivity index (χ2n) is 3.94. The van der Waals surface area contributed by atoms with Gasteiger partial charge in [-0.05, 0) is 6.07 Å². The smallest absolute Gasteiger partial charge is 0.351 e. The molecular formula is C10H12N4O4. The largest absolute Gasteiger partial charge is 0.394 e. The third-order valence-electron chi connectivity index (χ3n) is 2.83. The summed E-state index contributed by atoms with van der Waals surface area (Å²) in [5, 5.41) is 27.9. The number of anilines is 1. The highest BCUT2D eigenvalue weighted by Crippen LogP contribution is 2.32. The third-order valence-corrected chi connectivity index (χ3v) is 2.83. The highest BCUT2D eigenvalue weighted by Gasteiger charge is 2.44. The molecule has 1 saturated heterocycles. The molecule has 2 rings (SSSR count). The molecule has 8 heteroatoms. The molecule has 1 aromatic rings. The normalized spacial score (nSPS) is 31.2. The fourth-order valence-corrected chi connectivity index (χ4v) is 1.91. The van der Waals surface area contributed by atoms with Crippen molar-refractivity contribution in [2.75, 3.05) is 12.3 Å². The monoisotopic (exact) mass is 252 g/mol. The molecule has 1 aliphatic rings. The predicted molar refractivity (Wildman–Crippen MR) is 59.0 cm³/mol. The van der Waals surface area contributed by atoms with E-state index in [-0.39, 0.29) is 5.82 Å². The van der Waals surface area contributed by atoms with Gasteiger partial charge >= 0.3 is 5.69 Å². The van der Waals surface area contributed by atoms with Crippen LogP contribution in [0.5, 0.6) is 0 Å². The van der Waals surface area contributed by atoms with Gasteiger partial charge in [0.05, 0.1) is 12.7 Å². The summed E-state index contributed by atoms with van der Waals surface area (Å²) in [5.74, 6) is -0.844. The van der Waals surface area contributed by atoms with Gasteiger partial charge in [0.25, 0.3) is 0 Å². The maximum absolute atomic E-state index is 11.6. The van der Waals surface area contributed by atoms with Crippen molar-refractivity contribution < 1.29 is 14.9 Å². The number of aromatic nitrogens is 2. The number of hydrogen-bond acceptors (Lipinski definition) is 7. The molecule has 0 bridgehead atoms. The lowest BCUT2D eigenvalue weighted by Gasteiger charge is -2.16. The lowest BCUT2D eigenvalue weighted by Crippen LogP contribution is -2.33. The molecule has 8 nitrogen and oxygen atoms in total. The van der Waals surface area contributed by atoms with E-state index in [0.717, 1.165) is 4.57 Å². The Morgan fingerprint density at radius 3 is 2.89 bits per heavy atom. The topological polar surface area (TPSA) is 134 Å². The molecule has 1 aromatic heterocycles. The first-order chi connectivity index (χ1) is 8.58. The predicted octanol–water partition coefficient (Wildman–Crippen LogP) is -1.78. The van der Waals surface area contributed by atoms with Crippen molar-refractivity contribution in [2.45, 2.75) is 18.4 Å². The van der Waals surface area contributed by atoms with Crippen LogP contribution in [-0.4, -0.2) is 38.6 Å². The molecule has 0 aliphatic carbocycles. The van der Waals surface area contributed by atoms with Crippen molar-refractivity contribution in [3.8, 4) is 6.07 Å². The Hall–Kier alpha value is -1.95. The fraction of sp³-hybridized carbons (Fsp3) is 0.500. The Morgan fingerprint density at radius 2 is 2.39 bits per heavy atom. The summed E-state index contributed by atoms with van der Waals surface area (Å²) in [7, 11) is 0. The molecule has 1 unspecified atom stereocenters. The maximum Gasteiger partial charge on any atom is 0.351 e. The summed E-state index contributed by atoms with van der Waals surface area (Å²) in [6.07, 6.45) is -1.77. The maximum atomic E-state index is 11.6. The number of ether oxygens (including phenoxy) is 1. The van der Waals surface area contributed by atoms with E-state index < -0.39 is 36.7 Å². The van der Waals surface area contributed by atoms with Crippen LogP contribution in [-0.2, 0) is 4.74 Å². The van der Waals surface area contributed by atoms with E-state index in [1.54, 1.807) is 0 Å². The van der Waals surface area contributed by atoms with Crippen LogP contribution < -0.4 is 11.4 Å². The second-order valence-corrected chi connectivity index (χ2v) is 3.94. The lowest BCUT2D eigenvalue weighted by atomic mass is 10.0. The van der Waals surface area contributed by atoms with E-state index in [4.69, 9.17) is 20.8 Å². The molecular weight excluding hydrogens is 240 g/mol. The second kappa shape index (κ2) is 4.73. The van der Waals surface area contributed by atoms with Crippen LogP contribution in [0.4, 0.5) is 5.82 Å². The van der Waals surface area contributed by atoms with Crippen LogP contribution in [0.1, 0.15) is 6.23 Å². The Balaban J connectivity index is 2.35. The van der Waals surface area contributed by atoms with E-state index in [2.05, 4.69) is 4.98 Å². The lowest BCUT2D eigenvalue weighted by molar-refractivity contribution is -0.0532. The highest BCUT2D eigenvalue weighted by molar-refractivity contribution is 5.23. The van der Waals surface area contributed by atoms with Crippen LogP contribution in [0.2, 0.25) is 0 Å². The van der Waals surface area contributed by atoms with Crippen molar-refractivity contribution in [3.05, 3.63) is 22.7 Å². The first kappa shape index (κ1) is 12.5. The first-order valence-electron chi connectivity index (χ1n) is 5.27. The van der Waals surface area contributed by atoms with Gasteiger partial charge in [0.1, 0.15) is 23.9 Å². The first-order valence-corrected chi connectivity index (χ1v) is 5.27. The van der Waals surface area contributed by atoms with Crippen molar-refractivity contribution in [3.63, 3.8) is 0 Å². The summed E-state index contributed by atoms with van der Waals surface area (Å²) >= 11 is 0. The van der Waals surface area contributed by atoms with Crippen LogP contribution in [0, 0.1) is 17.2 Å². The average Bonchev–Trinajstić information content (AvgIpc) is 2.66. The number of nitrogens with two attached hydrogens (primary N) is 1. The van der Waals surface area contributed by atoms with E-state index in [1.807, 2.05) is 6.07 Å². The van der Waals surface area contributed by atoms with Crippen molar-refractivity contribution in [2.24, 2.45) is 5.92 Å². The third kappa shape index (κ3) is 1.95. The Labute approximate surface area is 102 Å². The minimum atomic E-state index is -1.21. The number of nitrogens with zero attached hydrogens (tertiary/aromatic N) is 3. The molecule has 0 radical (unpaired) electrons. The number of nitriles is 1. The number of rotatable bonds is 2. The molecule has 0 spiro atoms. The van der Waals surface area contributed by atoms with Gasteiger partial charge in [-0.1, -0.05) is 0 Å². The van der Waals surface area contributed by atoms with Gasteiger partial charge in [-0.25, -0.2) is 4.79 Å². The summed E-state index contributed by atoms with van der Waals surface area (Å²) < 4.78 is 6.34. The van der Waals surface area contributed by atoms with Crippen LogP contribution >= 0.6 is 0 Å². The van der Waals surface area contributed by atoms with Crippen LogP contribution in [0.3, 0.4) is 0 Å². The number of hydrogen-bond donors (Lipinski definition) is 3. The van der Waals surface area contributed by atoms with Gasteiger partial charge in [-0.3, -0.25) is 4.57 Å². The fourth-order valence-electron chi connectivity index (χ4n) is 1.91. The van der Waals surface area contributed by atoms with E-state index in [1.165, 1.54) is 12.3 Å². The van der Waals surface area contributed by atoms with Crippen LogP contribution in [0.15, 0.2) is 17.1 Å². The van der Waals surface area contributed by atoms with Crippen molar-refractivity contribution >= 4 is 5.82 Å². The Bertz CT molecular complexity index is 537. The minimum Gasteiger partial charge on any atom is -0.394 e. The average molecular weight is 252 g/mol. The van der Waals surface area contributed by atoms with Crippen molar-refractivity contribution in [1.82, 2.24) is 9.55 Å². The summed E-state index contributed by atoms with van der Waals surface area (Å²) in [6.45, 7) is -0.414. The number of aliphatic hydroxyl groups is 2. The molecule has 0 amide bonds. The number of aliphatic hydroxyl groups excluding tert-OH is 2. The molecule has 0 saturated carbocycles. The van der Waals surface area contributed by atoms with Gasteiger partial charge in [-0.2, -0.15) is 10.2 Å². The van der Waals surface area contributed by atoms with Gasteiger partial charge in [0.2, 0.25) is 0 Å². The number of nitrogen functional groups attached to an aromatic ring is 1. The zero-order valence-corrected chi connectivity index (χ0v) is 9.30. The summed E-state index contributed by atoms with van der Waals surface area (Å²) in [4.78, 5) is 15.1. The highest BCUT2D eigenvalue weighted by atomic mass is 16.5. The molecule has 4 atom stereocenters. The summed E-state index contributed by atoms with van der Waals surface area (Å²) in [6, 6.07) is 3.23. The van der Waals surface area contributed by atoms with E-state index in [9.17, 15) is 9.90 Å². The Morgan fingerprint density at radius 1 is 1.67 bits per heavy atom. The van der Waals surface area contributed by atoms with Gasteiger partial charge in [-0.15, -0.1) is 0 Å². The quantitative estimate of drug-likeness (QED) is 0.566. The van der Waals surface area contributed by atoms with Gasteiger partial charge in [0, 0.05) is 6.20 Å². The van der Waals surface area contributed by atoms with E-state index in [0.29, 0.717) is 0 Å².